The lowest BCUT2D eigenvalue weighted by Crippen LogP contribution is -2.39. The van der Waals surface area contributed by atoms with Gasteiger partial charge in [0.05, 0.1) is 7.11 Å². The lowest BCUT2D eigenvalue weighted by molar-refractivity contribution is -0.155. The molecule has 82 valence electrons. The molecule has 0 N–H and O–H groups in total. The molecule has 15 heavy (non-hydrogen) atoms. The van der Waals surface area contributed by atoms with Gasteiger partial charge >= 0.3 is 5.97 Å². The van der Waals surface area contributed by atoms with Crippen LogP contribution >= 0.6 is 0 Å². The summed E-state index contributed by atoms with van der Waals surface area (Å²) in [5.41, 5.74) is 0. The Morgan fingerprint density at radius 3 is 2.93 bits per heavy atom. The lowest BCUT2D eigenvalue weighted by atomic mass is 9.86. The monoisotopic (exact) mass is 210 g/mol. The van der Waals surface area contributed by atoms with E-state index in [1.807, 2.05) is 0 Å². The van der Waals surface area contributed by atoms with Gasteiger partial charge in [-0.2, -0.15) is 0 Å². The number of methoxy groups -OCH3 is 1. The molecular formula is C11H14O4. The van der Waals surface area contributed by atoms with Crippen LogP contribution in [0.4, 0.5) is 0 Å². The second-order valence-electron chi connectivity index (χ2n) is 3.41. The maximum Gasteiger partial charge on any atom is 0.316 e. The van der Waals surface area contributed by atoms with Gasteiger partial charge in [0, 0.05) is 0 Å². The topological polar surface area (TPSA) is 52.6 Å². The summed E-state index contributed by atoms with van der Waals surface area (Å²) in [6.07, 6.45) is 6.45. The fraction of sp³-hybridized carbons (Fsp3) is 0.636. The van der Waals surface area contributed by atoms with Crippen molar-refractivity contribution in [3.63, 3.8) is 0 Å². The number of carbonyl (C=O) groups is 2. The van der Waals surface area contributed by atoms with Gasteiger partial charge in [0.1, 0.15) is 18.6 Å². The fourth-order valence-corrected chi connectivity index (χ4v) is 1.71. The maximum absolute atomic E-state index is 11.7. The van der Waals surface area contributed by atoms with Gasteiger partial charge in [-0.05, 0) is 19.3 Å². The van der Waals surface area contributed by atoms with Crippen LogP contribution in [0.2, 0.25) is 0 Å². The Morgan fingerprint density at radius 2 is 2.33 bits per heavy atom. The molecule has 0 bridgehead atoms. The standard InChI is InChI=1S/C11H14O4/c1-3-7-15-9-6-4-5-8(10(9)12)11(13)14-2/h1,8-9H,4-7H2,2H3. The fourth-order valence-electron chi connectivity index (χ4n) is 1.71. The van der Waals surface area contributed by atoms with Crippen molar-refractivity contribution in [3.8, 4) is 12.3 Å². The van der Waals surface area contributed by atoms with E-state index in [1.165, 1.54) is 7.11 Å². The SMILES string of the molecule is C#CCOC1CCCC(C(=O)OC)C1=O. The number of rotatable bonds is 3. The number of ether oxygens (including phenoxy) is 2. The van der Waals surface area contributed by atoms with Gasteiger partial charge in [0.15, 0.2) is 5.78 Å². The number of ketones is 1. The van der Waals surface area contributed by atoms with Gasteiger partial charge in [-0.1, -0.05) is 5.92 Å². The molecule has 1 rings (SSSR count). The summed E-state index contributed by atoms with van der Waals surface area (Å²) in [6, 6.07) is 0. The Hall–Kier alpha value is -1.34. The molecule has 0 amide bonds. The van der Waals surface area contributed by atoms with E-state index in [9.17, 15) is 9.59 Å². The van der Waals surface area contributed by atoms with Crippen LogP contribution in [-0.4, -0.2) is 31.6 Å². The van der Waals surface area contributed by atoms with E-state index in [4.69, 9.17) is 11.2 Å². The molecule has 4 nitrogen and oxygen atoms in total. The molecule has 0 aromatic carbocycles. The van der Waals surface area contributed by atoms with Crippen molar-refractivity contribution in [2.24, 2.45) is 5.92 Å². The third kappa shape index (κ3) is 2.80. The summed E-state index contributed by atoms with van der Waals surface area (Å²) in [5.74, 6) is 0.945. The highest BCUT2D eigenvalue weighted by Crippen LogP contribution is 2.24. The molecule has 1 saturated carbocycles. The zero-order valence-corrected chi connectivity index (χ0v) is 8.69. The minimum atomic E-state index is -0.675. The highest BCUT2D eigenvalue weighted by Gasteiger charge is 2.36. The van der Waals surface area contributed by atoms with Crippen LogP contribution < -0.4 is 0 Å². The number of esters is 1. The van der Waals surface area contributed by atoms with Crippen LogP contribution in [0.3, 0.4) is 0 Å². The van der Waals surface area contributed by atoms with Crippen LogP contribution in [-0.2, 0) is 19.1 Å². The summed E-state index contributed by atoms with van der Waals surface area (Å²) in [4.78, 5) is 23.0. The van der Waals surface area contributed by atoms with Gasteiger partial charge < -0.3 is 9.47 Å². The summed E-state index contributed by atoms with van der Waals surface area (Å²) < 4.78 is 9.73. The van der Waals surface area contributed by atoms with E-state index in [1.54, 1.807) is 0 Å². The minimum absolute atomic E-state index is 0.101. The van der Waals surface area contributed by atoms with E-state index in [0.29, 0.717) is 12.8 Å². The Bertz CT molecular complexity index is 289. The van der Waals surface area contributed by atoms with E-state index in [0.717, 1.165) is 6.42 Å². The normalized spacial score (nSPS) is 25.7. The molecule has 1 aliphatic carbocycles. The Balaban J connectivity index is 2.59. The third-order valence-corrected chi connectivity index (χ3v) is 2.47. The van der Waals surface area contributed by atoms with E-state index >= 15 is 0 Å². The van der Waals surface area contributed by atoms with Crippen molar-refractivity contribution in [3.05, 3.63) is 0 Å². The smallest absolute Gasteiger partial charge is 0.316 e. The number of Topliss-reactive ketones (excluding diaryl/α,β-unsaturated/α-hetero) is 1. The van der Waals surface area contributed by atoms with Gasteiger partial charge in [0.25, 0.3) is 0 Å². The summed E-state index contributed by atoms with van der Waals surface area (Å²) >= 11 is 0. The van der Waals surface area contributed by atoms with E-state index in [-0.39, 0.29) is 12.4 Å². The molecule has 2 unspecified atom stereocenters. The predicted octanol–water partition coefficient (Wildman–Crippen LogP) is 0.547. The largest absolute Gasteiger partial charge is 0.468 e. The molecule has 0 aromatic rings. The first-order valence-corrected chi connectivity index (χ1v) is 4.87. The molecule has 0 aromatic heterocycles. The molecule has 2 atom stereocenters. The van der Waals surface area contributed by atoms with Crippen molar-refractivity contribution in [2.45, 2.75) is 25.4 Å². The average molecular weight is 210 g/mol. The molecular weight excluding hydrogens is 196 g/mol. The van der Waals surface area contributed by atoms with Crippen LogP contribution in [0.25, 0.3) is 0 Å². The van der Waals surface area contributed by atoms with Crippen molar-refractivity contribution in [2.75, 3.05) is 13.7 Å². The van der Waals surface area contributed by atoms with Gasteiger partial charge in [-0.15, -0.1) is 6.42 Å². The molecule has 1 aliphatic rings. The first-order chi connectivity index (χ1) is 7.20. The first kappa shape index (κ1) is 11.7. The molecule has 0 saturated heterocycles. The lowest BCUT2D eigenvalue weighted by Gasteiger charge is -2.25. The highest BCUT2D eigenvalue weighted by atomic mass is 16.5. The van der Waals surface area contributed by atoms with E-state index in [2.05, 4.69) is 10.7 Å². The number of carbonyl (C=O) groups excluding carboxylic acids is 2. The molecule has 4 heteroatoms. The quantitative estimate of drug-likeness (QED) is 0.388. The molecule has 0 radical (unpaired) electrons. The van der Waals surface area contributed by atoms with Crippen LogP contribution in [0.1, 0.15) is 19.3 Å². The number of hydrogen-bond acceptors (Lipinski definition) is 4. The Labute approximate surface area is 88.9 Å². The van der Waals surface area contributed by atoms with Crippen LogP contribution in [0, 0.1) is 18.3 Å². The summed E-state index contributed by atoms with van der Waals surface area (Å²) in [7, 11) is 1.28. The third-order valence-electron chi connectivity index (χ3n) is 2.47. The van der Waals surface area contributed by atoms with Crippen LogP contribution in [0.5, 0.6) is 0 Å². The van der Waals surface area contributed by atoms with Gasteiger partial charge in [-0.25, -0.2) is 0 Å². The predicted molar refractivity (Wildman–Crippen MR) is 52.9 cm³/mol. The zero-order chi connectivity index (χ0) is 11.3. The van der Waals surface area contributed by atoms with Gasteiger partial charge in [-0.3, -0.25) is 9.59 Å². The zero-order valence-electron chi connectivity index (χ0n) is 8.69. The Kier molecular flexibility index (Phi) is 4.32. The molecule has 0 aliphatic heterocycles. The van der Waals surface area contributed by atoms with Crippen molar-refractivity contribution < 1.29 is 19.1 Å². The number of hydrogen-bond donors (Lipinski definition) is 0. The Morgan fingerprint density at radius 1 is 1.60 bits per heavy atom. The highest BCUT2D eigenvalue weighted by molar-refractivity contribution is 6.01. The average Bonchev–Trinajstić information content (AvgIpc) is 2.27. The molecule has 1 fully saturated rings. The second kappa shape index (κ2) is 5.52. The summed E-state index contributed by atoms with van der Waals surface area (Å²) in [6.45, 7) is 0.101. The van der Waals surface area contributed by atoms with Gasteiger partial charge in [0.2, 0.25) is 0 Å². The minimum Gasteiger partial charge on any atom is -0.468 e. The van der Waals surface area contributed by atoms with Crippen molar-refractivity contribution >= 4 is 11.8 Å². The maximum atomic E-state index is 11.7. The van der Waals surface area contributed by atoms with Crippen LogP contribution in [0.15, 0.2) is 0 Å². The molecule has 0 heterocycles. The van der Waals surface area contributed by atoms with Crippen molar-refractivity contribution in [1.29, 1.82) is 0 Å². The number of terminal acetylenes is 1. The van der Waals surface area contributed by atoms with Crippen molar-refractivity contribution in [1.82, 2.24) is 0 Å². The molecule has 0 spiro atoms. The first-order valence-electron chi connectivity index (χ1n) is 4.87. The summed E-state index contributed by atoms with van der Waals surface area (Å²) in [5, 5.41) is 0. The second-order valence-corrected chi connectivity index (χ2v) is 3.41. The van der Waals surface area contributed by atoms with E-state index < -0.39 is 18.0 Å².